The average Bonchev–Trinajstić information content (AvgIpc) is 4.03. The highest BCUT2D eigenvalue weighted by atomic mass is 32.9. The third kappa shape index (κ3) is 9.64. The van der Waals surface area contributed by atoms with E-state index in [-0.39, 0.29) is 56.3 Å². The summed E-state index contributed by atoms with van der Waals surface area (Å²) in [5.74, 6) is 0.134. The summed E-state index contributed by atoms with van der Waals surface area (Å²) in [6.45, 7) is 11.5. The minimum Gasteiger partial charge on any atom is -0.484 e. The van der Waals surface area contributed by atoms with Crippen LogP contribution in [0.25, 0.3) is 21.8 Å². The minimum atomic E-state index is -3.60. The van der Waals surface area contributed by atoms with Gasteiger partial charge in [0.05, 0.1) is 25.0 Å². The fraction of sp³-hybridized carbons (Fsp3) is 0.486. The van der Waals surface area contributed by atoms with E-state index in [9.17, 15) is 9.59 Å². The number of rotatable bonds is 9. The van der Waals surface area contributed by atoms with Crippen LogP contribution < -0.4 is 15.6 Å². The van der Waals surface area contributed by atoms with Crippen molar-refractivity contribution in [3.05, 3.63) is 88.5 Å². The molecule has 4 aromatic heterocycles. The smallest absolute Gasteiger partial charge is 0.327 e. The van der Waals surface area contributed by atoms with Crippen molar-refractivity contribution < 1.29 is 41.6 Å². The summed E-state index contributed by atoms with van der Waals surface area (Å²) in [6.07, 6.45) is 1.75. The van der Waals surface area contributed by atoms with Gasteiger partial charge < -0.3 is 47.0 Å². The van der Waals surface area contributed by atoms with E-state index in [4.69, 9.17) is 79.3 Å². The number of benzene rings is 1. The quantitative estimate of drug-likeness (QED) is 0.0803. The molecule has 0 spiro atoms. The molecule has 0 saturated carbocycles. The van der Waals surface area contributed by atoms with E-state index in [1.54, 1.807) is 23.0 Å². The number of amides is 1. The molecule has 0 aliphatic carbocycles. The Morgan fingerprint density at radius 2 is 1.82 bits per heavy atom. The molecule has 1 N–H and O–H groups in total. The number of nitrogens with one attached hydrogen (secondary N) is 1. The topological polar surface area (TPSA) is 190 Å². The molecule has 3 fully saturated rings. The number of hydrogen-bond acceptors (Lipinski definition) is 16. The van der Waals surface area contributed by atoms with Crippen molar-refractivity contribution in [2.24, 2.45) is 5.92 Å². The summed E-state index contributed by atoms with van der Waals surface area (Å²) in [5.41, 5.74) is -1.45. The molecule has 19 nitrogen and oxygen atoms in total. The largest absolute Gasteiger partial charge is 0.484 e. The Bertz CT molecular complexity index is 2620. The summed E-state index contributed by atoms with van der Waals surface area (Å²) in [5, 5.41) is 11.5. The van der Waals surface area contributed by atoms with Gasteiger partial charge >= 0.3 is 6.72 Å². The van der Waals surface area contributed by atoms with Crippen LogP contribution in [-0.2, 0) is 65.9 Å². The Morgan fingerprint density at radius 1 is 1.03 bits per heavy atom. The number of carbonyl (C=O) groups is 1. The van der Waals surface area contributed by atoms with Crippen LogP contribution in [0.3, 0.4) is 0 Å². The number of ether oxygens (including phenoxy) is 3. The van der Waals surface area contributed by atoms with Gasteiger partial charge in [-0.3, -0.25) is 18.6 Å². The van der Waals surface area contributed by atoms with Gasteiger partial charge in [-0.15, -0.1) is 5.10 Å². The van der Waals surface area contributed by atoms with Gasteiger partial charge in [-0.2, -0.15) is 4.68 Å². The van der Waals surface area contributed by atoms with E-state index in [1.807, 2.05) is 31.2 Å². The van der Waals surface area contributed by atoms with Crippen molar-refractivity contribution in [1.29, 1.82) is 0 Å². The molecule has 5 aromatic rings. The number of thiol groups is 1. The number of fused-ring (bicyclic) bond motifs is 5. The maximum Gasteiger partial charge on any atom is 0.327 e. The molecule has 2 unspecified atom stereocenters. The maximum atomic E-state index is 13.0. The highest BCUT2D eigenvalue weighted by Gasteiger charge is 2.49. The maximum absolute atomic E-state index is 13.0. The zero-order valence-corrected chi connectivity index (χ0v) is 37.7. The molecule has 8 rings (SSSR count). The summed E-state index contributed by atoms with van der Waals surface area (Å²) in [4.78, 5) is 37.9. The van der Waals surface area contributed by atoms with Crippen LogP contribution in [0.1, 0.15) is 52.1 Å². The van der Waals surface area contributed by atoms with Crippen LogP contribution in [0, 0.1) is 12.5 Å². The van der Waals surface area contributed by atoms with Gasteiger partial charge in [0.25, 0.3) is 11.5 Å². The SMILES string of the molecule is [C-]#[N+]CCOP1(=S)OC[C@H]2O[C@@H](n3ccc(=O)n4ccnc34)[C@H](OP(=S)(S)OC[C@H]3O[C@@H](n4nnc5c(NC(=O)COc6ccc(C(C)(C)C)cc6)ccnc54)C[C@@H]3O1)[C@@H]2C. The number of hydrogen-bond donors (Lipinski definition) is 2. The lowest BCUT2D eigenvalue weighted by Crippen LogP contribution is -2.30. The molecule has 324 valence electrons. The fourth-order valence-corrected chi connectivity index (χ4v) is 11.3. The molecule has 7 heterocycles. The molecule has 3 saturated heterocycles. The van der Waals surface area contributed by atoms with Gasteiger partial charge in [0, 0.05) is 43.2 Å². The van der Waals surface area contributed by atoms with E-state index in [0.717, 1.165) is 5.56 Å². The second-order valence-corrected chi connectivity index (χ2v) is 23.8. The first-order chi connectivity index (χ1) is 29.1. The normalized spacial score (nSPS) is 29.6. The number of carbonyl (C=O) groups excluding carboxylic acids is 1. The first-order valence-corrected chi connectivity index (χ1v) is 25.6. The van der Waals surface area contributed by atoms with Crippen LogP contribution in [-0.4, -0.2) is 97.2 Å². The molecule has 1 aromatic carbocycles. The molecule has 24 heteroatoms. The predicted molar refractivity (Wildman–Crippen MR) is 232 cm³/mol. The lowest BCUT2D eigenvalue weighted by Gasteiger charge is -2.29. The van der Waals surface area contributed by atoms with Crippen LogP contribution in [0.4, 0.5) is 5.69 Å². The van der Waals surface area contributed by atoms with Gasteiger partial charge in [-0.05, 0) is 52.8 Å². The predicted octanol–water partition coefficient (Wildman–Crippen LogP) is 5.60. The van der Waals surface area contributed by atoms with E-state index in [2.05, 4.69) is 51.2 Å². The van der Waals surface area contributed by atoms with Gasteiger partial charge in [-0.1, -0.05) is 57.3 Å². The average molecular weight is 932 g/mol. The minimum absolute atomic E-state index is 0.0131. The number of aromatic nitrogens is 7. The molecule has 3 aliphatic rings. The lowest BCUT2D eigenvalue weighted by atomic mass is 9.87. The van der Waals surface area contributed by atoms with Gasteiger partial charge in [0.2, 0.25) is 18.0 Å². The second-order valence-electron chi connectivity index (χ2n) is 15.6. The van der Waals surface area contributed by atoms with Crippen LogP contribution in [0.5, 0.6) is 5.75 Å². The molecule has 3 aliphatic heterocycles. The van der Waals surface area contributed by atoms with Crippen molar-refractivity contribution in [3.8, 4) is 5.75 Å². The molecular formula is C37H43N9O10P2S3. The van der Waals surface area contributed by atoms with Gasteiger partial charge in [-0.25, -0.2) is 16.5 Å². The molecule has 0 radical (unpaired) electrons. The van der Waals surface area contributed by atoms with Crippen LogP contribution in [0.15, 0.2) is 66.0 Å². The Morgan fingerprint density at radius 3 is 2.59 bits per heavy atom. The third-order valence-corrected chi connectivity index (χ3v) is 15.0. The fourth-order valence-electron chi connectivity index (χ4n) is 7.18. The highest BCUT2D eigenvalue weighted by molar-refractivity contribution is 8.60. The second kappa shape index (κ2) is 17.8. The van der Waals surface area contributed by atoms with Crippen LogP contribution >= 0.6 is 24.7 Å². The first-order valence-electron chi connectivity index (χ1n) is 19.3. The van der Waals surface area contributed by atoms with E-state index >= 15 is 0 Å². The van der Waals surface area contributed by atoms with E-state index in [0.29, 0.717) is 28.4 Å². The zero-order valence-electron chi connectivity index (χ0n) is 33.4. The highest BCUT2D eigenvalue weighted by Crippen LogP contribution is 2.60. The molecule has 9 atom stereocenters. The van der Waals surface area contributed by atoms with Gasteiger partial charge in [0.15, 0.2) is 30.2 Å². The van der Waals surface area contributed by atoms with Crippen LogP contribution in [0.2, 0.25) is 0 Å². The number of nitrogens with zero attached hydrogens (tertiary/aromatic N) is 8. The zero-order chi connectivity index (χ0) is 43.1. The monoisotopic (exact) mass is 931 g/mol. The molecular weight excluding hydrogens is 889 g/mol. The van der Waals surface area contributed by atoms with Crippen molar-refractivity contribution in [1.82, 2.24) is 33.9 Å². The summed E-state index contributed by atoms with van der Waals surface area (Å²) < 4.78 is 55.0. The summed E-state index contributed by atoms with van der Waals surface area (Å²) in [6, 6.07) is 10.6. The van der Waals surface area contributed by atoms with E-state index < -0.39 is 55.2 Å². The van der Waals surface area contributed by atoms with Crippen molar-refractivity contribution in [3.63, 3.8) is 0 Å². The summed E-state index contributed by atoms with van der Waals surface area (Å²) in [7, 11) is 0. The Labute approximate surface area is 365 Å². The van der Waals surface area contributed by atoms with E-state index in [1.165, 1.54) is 27.5 Å². The Balaban J connectivity index is 1.02. The number of imidazole rings is 1. The lowest BCUT2D eigenvalue weighted by molar-refractivity contribution is -0.118. The standard InChI is InChI=1S/C37H43N9O10P2S3/c1-22-27-19-51-57(59,50-17-14-38-5)55-26-18-31(53-28(26)20-52-58(60,61)56-33(22)35(54-27)45-15-11-30(48)44-16-13-40-36(44)45)46-34-32(42-43-46)25(10-12-39-34)41-29(47)21-49-24-8-6-23(7-9-24)37(2,3)4/h6-13,15-16,22,26-28,31,33,35H,14,17-21H2,1-4H3,(H,60,61)(H,39,41,47)/t22-,26+,27-,28-,31-,33-,35-,57?/m1/s1. The molecule has 1 amide bonds. The van der Waals surface area contributed by atoms with Gasteiger partial charge in [0.1, 0.15) is 30.7 Å². The molecule has 61 heavy (non-hydrogen) atoms. The molecule has 2 bridgehead atoms. The summed E-state index contributed by atoms with van der Waals surface area (Å²) >= 11 is 16.5. The number of pyridine rings is 1. The van der Waals surface area contributed by atoms with Crippen molar-refractivity contribution in [2.45, 2.75) is 76.4 Å². The van der Waals surface area contributed by atoms with Crippen molar-refractivity contribution >= 4 is 76.8 Å². The van der Waals surface area contributed by atoms with Crippen molar-refractivity contribution in [2.75, 3.05) is 38.3 Å². The number of anilines is 1. The Kier molecular flexibility index (Phi) is 12.8. The third-order valence-electron chi connectivity index (χ3n) is 10.4. The first kappa shape index (κ1) is 43.9. The Hall–Kier alpha value is -3.68.